The summed E-state index contributed by atoms with van der Waals surface area (Å²) in [6, 6.07) is 5.43. The van der Waals surface area contributed by atoms with Crippen molar-refractivity contribution in [2.75, 3.05) is 19.5 Å². The average molecular weight is 258 g/mol. The normalized spacial score (nSPS) is 18.8. The van der Waals surface area contributed by atoms with Crippen molar-refractivity contribution >= 4 is 10.1 Å². The molecule has 0 aromatic heterocycles. The largest absolute Gasteiger partial charge is 0.490 e. The molecule has 1 heterocycles. The van der Waals surface area contributed by atoms with E-state index in [1.54, 1.807) is 6.07 Å². The molecule has 5 nitrogen and oxygen atoms in total. The van der Waals surface area contributed by atoms with Gasteiger partial charge in [0.1, 0.15) is 18.5 Å². The molecule has 1 aliphatic heterocycles. The van der Waals surface area contributed by atoms with Gasteiger partial charge in [-0.05, 0) is 24.1 Å². The van der Waals surface area contributed by atoms with Crippen LogP contribution in [0.4, 0.5) is 0 Å². The summed E-state index contributed by atoms with van der Waals surface area (Å²) in [4.78, 5) is 0. The van der Waals surface area contributed by atoms with Crippen molar-refractivity contribution in [3.8, 4) is 5.75 Å². The lowest BCUT2D eigenvalue weighted by molar-refractivity contribution is 0.140. The third kappa shape index (κ3) is 3.18. The van der Waals surface area contributed by atoms with Gasteiger partial charge in [0.15, 0.2) is 0 Å². The Bertz CT molecular complexity index is 509. The number of fused-ring (bicyclic) bond motifs is 1. The topological polar surface area (TPSA) is 72.8 Å². The van der Waals surface area contributed by atoms with E-state index in [-0.39, 0.29) is 13.2 Å². The molecular formula is C11H14O5S. The van der Waals surface area contributed by atoms with Crippen molar-refractivity contribution in [2.45, 2.75) is 12.5 Å². The van der Waals surface area contributed by atoms with Gasteiger partial charge < -0.3 is 9.84 Å². The molecule has 0 spiro atoms. The highest BCUT2D eigenvalue weighted by Gasteiger charge is 2.21. The highest BCUT2D eigenvalue weighted by atomic mass is 32.2. The Morgan fingerprint density at radius 3 is 3.00 bits per heavy atom. The molecule has 1 aromatic carbocycles. The number of aliphatic hydroxyl groups excluding tert-OH is 1. The molecule has 0 saturated carbocycles. The van der Waals surface area contributed by atoms with Crippen LogP contribution in [0.5, 0.6) is 5.75 Å². The van der Waals surface area contributed by atoms with Crippen LogP contribution in [-0.4, -0.2) is 33.0 Å². The van der Waals surface area contributed by atoms with E-state index in [1.165, 1.54) is 0 Å². The minimum Gasteiger partial charge on any atom is -0.490 e. The zero-order chi connectivity index (χ0) is 12.5. The van der Waals surface area contributed by atoms with E-state index in [9.17, 15) is 13.5 Å². The lowest BCUT2D eigenvalue weighted by atomic mass is 10.1. The van der Waals surface area contributed by atoms with Crippen molar-refractivity contribution in [3.63, 3.8) is 0 Å². The molecular weight excluding hydrogens is 244 g/mol. The van der Waals surface area contributed by atoms with Gasteiger partial charge in [0.2, 0.25) is 0 Å². The number of hydrogen-bond donors (Lipinski definition) is 1. The summed E-state index contributed by atoms with van der Waals surface area (Å²) in [5.74, 6) is 0.685. The van der Waals surface area contributed by atoms with Gasteiger partial charge in [-0.15, -0.1) is 0 Å². The SMILES string of the molecule is CS(=O)(=O)OCCc1ccc2c(c1)[C@@H](O)CO2. The fourth-order valence-electron chi connectivity index (χ4n) is 1.71. The molecule has 0 radical (unpaired) electrons. The van der Waals surface area contributed by atoms with E-state index >= 15 is 0 Å². The van der Waals surface area contributed by atoms with E-state index in [0.29, 0.717) is 12.2 Å². The van der Waals surface area contributed by atoms with Gasteiger partial charge in [0.05, 0.1) is 12.9 Å². The monoisotopic (exact) mass is 258 g/mol. The molecule has 1 N–H and O–H groups in total. The smallest absolute Gasteiger partial charge is 0.264 e. The Labute approximate surface area is 100 Å². The predicted molar refractivity (Wildman–Crippen MR) is 61.4 cm³/mol. The summed E-state index contributed by atoms with van der Waals surface area (Å²) in [6.07, 6.45) is 0.904. The zero-order valence-electron chi connectivity index (χ0n) is 9.42. The van der Waals surface area contributed by atoms with Gasteiger partial charge >= 0.3 is 0 Å². The van der Waals surface area contributed by atoms with Crippen molar-refractivity contribution in [3.05, 3.63) is 29.3 Å². The second-order valence-corrected chi connectivity index (χ2v) is 5.62. The van der Waals surface area contributed by atoms with E-state index in [2.05, 4.69) is 4.18 Å². The fraction of sp³-hybridized carbons (Fsp3) is 0.455. The Hall–Kier alpha value is -1.11. The van der Waals surface area contributed by atoms with Gasteiger partial charge in [0.25, 0.3) is 10.1 Å². The first-order valence-electron chi connectivity index (χ1n) is 5.24. The summed E-state index contributed by atoms with van der Waals surface area (Å²) in [5, 5.41) is 9.61. The average Bonchev–Trinajstić information content (AvgIpc) is 2.59. The van der Waals surface area contributed by atoms with Gasteiger partial charge in [-0.3, -0.25) is 4.18 Å². The Morgan fingerprint density at radius 1 is 1.53 bits per heavy atom. The molecule has 1 atom stereocenters. The van der Waals surface area contributed by atoms with Crippen molar-refractivity contribution in [1.29, 1.82) is 0 Å². The summed E-state index contributed by atoms with van der Waals surface area (Å²) >= 11 is 0. The lowest BCUT2D eigenvalue weighted by Gasteiger charge is -2.05. The van der Waals surface area contributed by atoms with Crippen LogP contribution in [0.2, 0.25) is 0 Å². The molecule has 94 valence electrons. The van der Waals surface area contributed by atoms with E-state index in [1.807, 2.05) is 12.1 Å². The van der Waals surface area contributed by atoms with Crippen molar-refractivity contribution in [1.82, 2.24) is 0 Å². The summed E-state index contributed by atoms with van der Waals surface area (Å²) in [6.45, 7) is 0.382. The third-order valence-corrected chi connectivity index (χ3v) is 3.11. The second kappa shape index (κ2) is 4.64. The highest BCUT2D eigenvalue weighted by molar-refractivity contribution is 7.85. The number of ether oxygens (including phenoxy) is 1. The maximum Gasteiger partial charge on any atom is 0.264 e. The molecule has 6 heteroatoms. The highest BCUT2D eigenvalue weighted by Crippen LogP contribution is 2.32. The number of hydrogen-bond acceptors (Lipinski definition) is 5. The molecule has 2 rings (SSSR count). The second-order valence-electron chi connectivity index (χ2n) is 3.98. The standard InChI is InChI=1S/C11H14O5S/c1-17(13,14)16-5-4-8-2-3-11-9(6-8)10(12)7-15-11/h2-3,6,10,12H,4-5,7H2,1H3/t10-/m0/s1. The van der Waals surface area contributed by atoms with Crippen LogP contribution < -0.4 is 4.74 Å². The molecule has 17 heavy (non-hydrogen) atoms. The van der Waals surface area contributed by atoms with Crippen LogP contribution in [-0.2, 0) is 20.7 Å². The molecule has 0 bridgehead atoms. The van der Waals surface area contributed by atoms with Crippen LogP contribution in [0.15, 0.2) is 18.2 Å². The molecule has 1 aromatic rings. The van der Waals surface area contributed by atoms with E-state index in [4.69, 9.17) is 4.74 Å². The summed E-state index contributed by atoms with van der Waals surface area (Å²) < 4.78 is 31.5. The first kappa shape index (κ1) is 12.3. The van der Waals surface area contributed by atoms with Crippen molar-refractivity contribution < 1.29 is 22.4 Å². The summed E-state index contributed by atoms with van der Waals surface area (Å²) in [5.41, 5.74) is 1.67. The summed E-state index contributed by atoms with van der Waals surface area (Å²) in [7, 11) is -3.39. The molecule has 0 saturated heterocycles. The van der Waals surface area contributed by atoms with Crippen LogP contribution in [0.1, 0.15) is 17.2 Å². The van der Waals surface area contributed by atoms with Crippen molar-refractivity contribution in [2.24, 2.45) is 0 Å². The van der Waals surface area contributed by atoms with E-state index in [0.717, 1.165) is 17.4 Å². The van der Waals surface area contributed by atoms with Gasteiger partial charge in [-0.1, -0.05) is 6.07 Å². The quantitative estimate of drug-likeness (QED) is 0.802. The predicted octanol–water partition coefficient (Wildman–Crippen LogP) is 0.631. The maximum atomic E-state index is 10.8. The van der Waals surface area contributed by atoms with E-state index < -0.39 is 16.2 Å². The van der Waals surface area contributed by atoms with Gasteiger partial charge in [-0.2, -0.15) is 8.42 Å². The van der Waals surface area contributed by atoms with Crippen LogP contribution in [0.3, 0.4) is 0 Å². The molecule has 0 aliphatic carbocycles. The first-order chi connectivity index (χ1) is 7.96. The zero-order valence-corrected chi connectivity index (χ0v) is 10.2. The third-order valence-electron chi connectivity index (χ3n) is 2.52. The van der Waals surface area contributed by atoms with Gasteiger partial charge in [0, 0.05) is 5.56 Å². The maximum absolute atomic E-state index is 10.8. The molecule has 0 fully saturated rings. The molecule has 1 aliphatic rings. The molecule has 0 amide bonds. The van der Waals surface area contributed by atoms with Crippen LogP contribution in [0.25, 0.3) is 0 Å². The molecule has 0 unspecified atom stereocenters. The number of benzene rings is 1. The number of aliphatic hydroxyl groups is 1. The Kier molecular flexibility index (Phi) is 3.37. The minimum absolute atomic E-state index is 0.106. The van der Waals surface area contributed by atoms with Gasteiger partial charge in [-0.25, -0.2) is 0 Å². The number of rotatable bonds is 4. The van der Waals surface area contributed by atoms with Crippen LogP contribution in [0, 0.1) is 0 Å². The van der Waals surface area contributed by atoms with Crippen LogP contribution >= 0.6 is 0 Å². The first-order valence-corrected chi connectivity index (χ1v) is 7.05. The fourth-order valence-corrected chi connectivity index (χ4v) is 2.10. The minimum atomic E-state index is -3.39. The lowest BCUT2D eigenvalue weighted by Crippen LogP contribution is -2.06. The Morgan fingerprint density at radius 2 is 2.29 bits per heavy atom. The Balaban J connectivity index is 2.01.